The van der Waals surface area contributed by atoms with Gasteiger partial charge in [0.05, 0.1) is 0 Å². The average molecular weight is 272 g/mol. The van der Waals surface area contributed by atoms with Gasteiger partial charge in [-0.1, -0.05) is 85.0 Å². The summed E-state index contributed by atoms with van der Waals surface area (Å²) >= 11 is 0. The molecular formula is C21H20. The van der Waals surface area contributed by atoms with Crippen LogP contribution in [0.5, 0.6) is 0 Å². The van der Waals surface area contributed by atoms with Crippen molar-refractivity contribution in [3.05, 3.63) is 96.1 Å². The van der Waals surface area contributed by atoms with Crippen molar-refractivity contribution in [1.82, 2.24) is 0 Å². The Bertz CT molecular complexity index is 639. The first kappa shape index (κ1) is 12.6. The lowest BCUT2D eigenvalue weighted by atomic mass is 9.51. The van der Waals surface area contributed by atoms with E-state index in [4.69, 9.17) is 0 Å². The Morgan fingerprint density at radius 1 is 0.762 bits per heavy atom. The predicted octanol–water partition coefficient (Wildman–Crippen LogP) is 5.12. The zero-order valence-corrected chi connectivity index (χ0v) is 12.2. The fourth-order valence-electron chi connectivity index (χ4n) is 4.37. The van der Waals surface area contributed by atoms with Crippen LogP contribution in [0.25, 0.3) is 0 Å². The summed E-state index contributed by atoms with van der Waals surface area (Å²) in [6, 6.07) is 21.9. The van der Waals surface area contributed by atoms with E-state index in [1.807, 2.05) is 0 Å². The van der Waals surface area contributed by atoms with Gasteiger partial charge in [-0.05, 0) is 35.8 Å². The second-order valence-corrected chi connectivity index (χ2v) is 6.24. The predicted molar refractivity (Wildman–Crippen MR) is 88.2 cm³/mol. The summed E-state index contributed by atoms with van der Waals surface area (Å²) in [5, 5.41) is 0. The molecule has 2 aromatic rings. The highest BCUT2D eigenvalue weighted by atomic mass is 14.5. The maximum absolute atomic E-state index is 4.55. The van der Waals surface area contributed by atoms with Gasteiger partial charge in [-0.15, -0.1) is 0 Å². The second-order valence-electron chi connectivity index (χ2n) is 6.24. The molecule has 0 heterocycles. The van der Waals surface area contributed by atoms with Crippen molar-refractivity contribution >= 4 is 0 Å². The van der Waals surface area contributed by atoms with Crippen LogP contribution in [0, 0.1) is 11.8 Å². The van der Waals surface area contributed by atoms with Gasteiger partial charge >= 0.3 is 0 Å². The SMILES string of the molecule is C=C1[C@@H]2C=C[C@@H](CC2)C1(c1ccccc1)c1ccccc1. The molecule has 1 saturated carbocycles. The molecule has 3 aliphatic carbocycles. The first-order valence-corrected chi connectivity index (χ1v) is 7.82. The van der Waals surface area contributed by atoms with Gasteiger partial charge in [-0.2, -0.15) is 0 Å². The van der Waals surface area contributed by atoms with Gasteiger partial charge in [-0.25, -0.2) is 0 Å². The molecule has 0 aliphatic heterocycles. The van der Waals surface area contributed by atoms with Crippen LogP contribution in [-0.4, -0.2) is 0 Å². The topological polar surface area (TPSA) is 0 Å². The molecule has 0 spiro atoms. The fourth-order valence-corrected chi connectivity index (χ4v) is 4.37. The van der Waals surface area contributed by atoms with Gasteiger partial charge in [0.2, 0.25) is 0 Å². The van der Waals surface area contributed by atoms with Crippen LogP contribution >= 0.6 is 0 Å². The third-order valence-corrected chi connectivity index (χ3v) is 5.33. The number of rotatable bonds is 2. The van der Waals surface area contributed by atoms with E-state index in [-0.39, 0.29) is 5.41 Å². The third-order valence-electron chi connectivity index (χ3n) is 5.33. The highest BCUT2D eigenvalue weighted by Gasteiger charge is 2.49. The first-order valence-electron chi connectivity index (χ1n) is 7.82. The average Bonchev–Trinajstić information content (AvgIpc) is 2.58. The summed E-state index contributed by atoms with van der Waals surface area (Å²) in [6.07, 6.45) is 7.31. The lowest BCUT2D eigenvalue weighted by Crippen LogP contribution is -2.45. The van der Waals surface area contributed by atoms with Crippen molar-refractivity contribution in [2.45, 2.75) is 18.3 Å². The standard InChI is InChI=1S/C21H20/c1-16-17-12-14-20(15-13-17)21(16,18-8-4-2-5-9-18)19-10-6-3-7-11-19/h2-12,14,17,20H,1,13,15H2/t17-,20+/m1/s1. The van der Waals surface area contributed by atoms with E-state index >= 15 is 0 Å². The van der Waals surface area contributed by atoms with Crippen LogP contribution in [0.3, 0.4) is 0 Å². The van der Waals surface area contributed by atoms with Crippen molar-refractivity contribution in [1.29, 1.82) is 0 Å². The van der Waals surface area contributed by atoms with Gasteiger partial charge in [0.25, 0.3) is 0 Å². The van der Waals surface area contributed by atoms with Gasteiger partial charge < -0.3 is 0 Å². The summed E-state index contributed by atoms with van der Waals surface area (Å²) in [5.41, 5.74) is 4.11. The maximum Gasteiger partial charge on any atom is 0.0476 e. The summed E-state index contributed by atoms with van der Waals surface area (Å²) < 4.78 is 0. The first-order chi connectivity index (χ1) is 10.3. The molecule has 0 amide bonds. The van der Waals surface area contributed by atoms with Gasteiger partial charge in [0.1, 0.15) is 0 Å². The lowest BCUT2D eigenvalue weighted by Gasteiger charge is -2.51. The Balaban J connectivity index is 2.01. The largest absolute Gasteiger partial charge is 0.0980 e. The highest BCUT2D eigenvalue weighted by Crippen LogP contribution is 2.56. The number of fused-ring (bicyclic) bond motifs is 2. The Hall–Kier alpha value is -2.08. The molecule has 5 rings (SSSR count). The quantitative estimate of drug-likeness (QED) is 0.665. The van der Waals surface area contributed by atoms with E-state index in [0.29, 0.717) is 11.8 Å². The van der Waals surface area contributed by atoms with Crippen LogP contribution in [0.2, 0.25) is 0 Å². The van der Waals surface area contributed by atoms with E-state index in [2.05, 4.69) is 79.4 Å². The van der Waals surface area contributed by atoms with Crippen LogP contribution in [0.1, 0.15) is 24.0 Å². The normalized spacial score (nSPS) is 26.0. The van der Waals surface area contributed by atoms with Crippen molar-refractivity contribution in [2.24, 2.45) is 11.8 Å². The molecule has 2 atom stereocenters. The number of hydrogen-bond donors (Lipinski definition) is 0. The monoisotopic (exact) mass is 272 g/mol. The van der Waals surface area contributed by atoms with Crippen molar-refractivity contribution in [2.75, 3.05) is 0 Å². The molecule has 1 fully saturated rings. The zero-order valence-electron chi connectivity index (χ0n) is 12.2. The molecule has 2 bridgehead atoms. The molecule has 0 nitrogen and oxygen atoms in total. The Labute approximate surface area is 126 Å². The second kappa shape index (κ2) is 4.73. The summed E-state index contributed by atoms with van der Waals surface area (Å²) in [4.78, 5) is 0. The Morgan fingerprint density at radius 3 is 1.76 bits per heavy atom. The fraction of sp³-hybridized carbons (Fsp3) is 0.238. The minimum absolute atomic E-state index is 0.0415. The molecule has 2 aromatic carbocycles. The van der Waals surface area contributed by atoms with Crippen molar-refractivity contribution in [3.63, 3.8) is 0 Å². The van der Waals surface area contributed by atoms with Crippen molar-refractivity contribution < 1.29 is 0 Å². The van der Waals surface area contributed by atoms with Gasteiger partial charge in [0, 0.05) is 5.41 Å². The molecule has 0 unspecified atom stereocenters. The summed E-state index contributed by atoms with van der Waals surface area (Å²) in [5.74, 6) is 1.05. The molecule has 0 radical (unpaired) electrons. The van der Waals surface area contributed by atoms with E-state index < -0.39 is 0 Å². The summed E-state index contributed by atoms with van der Waals surface area (Å²) in [6.45, 7) is 4.55. The van der Waals surface area contributed by atoms with Crippen LogP contribution in [0.15, 0.2) is 85.0 Å². The molecule has 21 heavy (non-hydrogen) atoms. The van der Waals surface area contributed by atoms with E-state index in [1.165, 1.54) is 29.5 Å². The van der Waals surface area contributed by atoms with E-state index in [9.17, 15) is 0 Å². The molecule has 0 heteroatoms. The third kappa shape index (κ3) is 1.68. The van der Waals surface area contributed by atoms with Crippen molar-refractivity contribution in [3.8, 4) is 0 Å². The van der Waals surface area contributed by atoms with Gasteiger partial charge in [0.15, 0.2) is 0 Å². The molecule has 0 saturated heterocycles. The Kier molecular flexibility index (Phi) is 2.85. The lowest BCUT2D eigenvalue weighted by molar-refractivity contribution is 0.295. The van der Waals surface area contributed by atoms with Gasteiger partial charge in [-0.3, -0.25) is 0 Å². The number of allylic oxidation sites excluding steroid dienone is 3. The molecule has 0 N–H and O–H groups in total. The number of hydrogen-bond acceptors (Lipinski definition) is 0. The van der Waals surface area contributed by atoms with E-state index in [0.717, 1.165) is 0 Å². The maximum atomic E-state index is 4.55. The highest BCUT2D eigenvalue weighted by molar-refractivity contribution is 5.54. The van der Waals surface area contributed by atoms with Crippen LogP contribution in [0.4, 0.5) is 0 Å². The smallest absolute Gasteiger partial charge is 0.0476 e. The molecular weight excluding hydrogens is 252 g/mol. The summed E-state index contributed by atoms with van der Waals surface area (Å²) in [7, 11) is 0. The molecule has 0 aromatic heterocycles. The minimum atomic E-state index is -0.0415. The molecule has 104 valence electrons. The van der Waals surface area contributed by atoms with E-state index in [1.54, 1.807) is 0 Å². The minimum Gasteiger partial charge on any atom is -0.0980 e. The zero-order chi connectivity index (χ0) is 14.3. The van der Waals surface area contributed by atoms with Crippen LogP contribution < -0.4 is 0 Å². The van der Waals surface area contributed by atoms with Crippen LogP contribution in [-0.2, 0) is 5.41 Å². The molecule has 3 aliphatic rings. The number of benzene rings is 2. The Morgan fingerprint density at radius 2 is 1.33 bits per heavy atom.